The van der Waals surface area contributed by atoms with E-state index >= 15 is 0 Å². The molecule has 136 valence electrons. The largest absolute Gasteiger partial charge is 0.416 e. The molecule has 0 amide bonds. The van der Waals surface area contributed by atoms with Crippen LogP contribution in [0.5, 0.6) is 0 Å². The van der Waals surface area contributed by atoms with E-state index < -0.39 is 17.6 Å². The minimum absolute atomic E-state index is 0.266. The van der Waals surface area contributed by atoms with Gasteiger partial charge in [-0.1, -0.05) is 12.1 Å². The molecular weight excluding hydrogens is 358 g/mol. The number of allylic oxidation sites excluding steroid dienone is 2. The van der Waals surface area contributed by atoms with Gasteiger partial charge in [-0.25, -0.2) is 9.38 Å². The molecule has 0 radical (unpaired) electrons. The molecule has 0 fully saturated rings. The number of hydrogen-bond donors (Lipinski definition) is 0. The fraction of sp³-hybridized carbons (Fsp3) is 0.100. The van der Waals surface area contributed by atoms with E-state index in [1.54, 1.807) is 24.6 Å². The number of hydrogen-bond acceptors (Lipinski definition) is 3. The van der Waals surface area contributed by atoms with Gasteiger partial charge in [0.05, 0.1) is 17.5 Å². The summed E-state index contributed by atoms with van der Waals surface area (Å²) in [7, 11) is 0. The van der Waals surface area contributed by atoms with Gasteiger partial charge in [-0.15, -0.1) is 0 Å². The molecule has 0 saturated heterocycles. The highest BCUT2D eigenvalue weighted by Gasteiger charge is 2.30. The summed E-state index contributed by atoms with van der Waals surface area (Å²) in [5.74, 6) is 0.109. The van der Waals surface area contributed by atoms with E-state index in [0.717, 1.165) is 18.3 Å². The maximum atomic E-state index is 13.9. The van der Waals surface area contributed by atoms with Gasteiger partial charge in [0.2, 0.25) is 0 Å². The van der Waals surface area contributed by atoms with Crippen LogP contribution in [0.3, 0.4) is 0 Å². The summed E-state index contributed by atoms with van der Waals surface area (Å²) in [4.78, 5) is 10.2. The number of nitrogens with zero attached hydrogens (tertiary/aromatic N) is 3. The van der Waals surface area contributed by atoms with Gasteiger partial charge >= 0.3 is 6.18 Å². The molecule has 2 aliphatic rings. The lowest BCUT2D eigenvalue weighted by atomic mass is 9.96. The average Bonchev–Trinajstić information content (AvgIpc) is 2.67. The van der Waals surface area contributed by atoms with Crippen molar-refractivity contribution in [3.05, 3.63) is 84.1 Å². The number of fused-ring (bicyclic) bond motifs is 1. The highest BCUT2D eigenvalue weighted by Crippen LogP contribution is 2.35. The molecule has 27 heavy (non-hydrogen) atoms. The molecule has 3 nitrogen and oxygen atoms in total. The normalized spacial score (nSPS) is 16.1. The van der Waals surface area contributed by atoms with Gasteiger partial charge in [-0.2, -0.15) is 13.2 Å². The molecule has 0 aliphatic carbocycles. The second-order valence-electron chi connectivity index (χ2n) is 6.07. The van der Waals surface area contributed by atoms with Crippen LogP contribution in [0.4, 0.5) is 17.6 Å². The lowest BCUT2D eigenvalue weighted by molar-refractivity contribution is -0.137. The van der Waals surface area contributed by atoms with Crippen LogP contribution in [0, 0.1) is 5.82 Å². The highest BCUT2D eigenvalue weighted by molar-refractivity contribution is 6.05. The van der Waals surface area contributed by atoms with Crippen LogP contribution in [0.15, 0.2) is 72.1 Å². The van der Waals surface area contributed by atoms with Gasteiger partial charge in [-0.05, 0) is 42.0 Å². The van der Waals surface area contributed by atoms with E-state index in [4.69, 9.17) is 0 Å². The number of alkyl halides is 3. The zero-order valence-electron chi connectivity index (χ0n) is 13.9. The van der Waals surface area contributed by atoms with Crippen molar-refractivity contribution in [2.75, 3.05) is 6.54 Å². The molecule has 4 rings (SSSR count). The van der Waals surface area contributed by atoms with Crippen LogP contribution in [0.2, 0.25) is 0 Å². The zero-order valence-corrected chi connectivity index (χ0v) is 13.9. The third-order valence-electron chi connectivity index (χ3n) is 4.26. The van der Waals surface area contributed by atoms with E-state index in [0.29, 0.717) is 23.5 Å². The van der Waals surface area contributed by atoms with Crippen molar-refractivity contribution in [2.45, 2.75) is 6.18 Å². The van der Waals surface area contributed by atoms with Crippen LogP contribution in [0.1, 0.15) is 11.1 Å². The van der Waals surface area contributed by atoms with Crippen molar-refractivity contribution in [3.8, 4) is 11.3 Å². The Morgan fingerprint density at radius 1 is 1.11 bits per heavy atom. The topological polar surface area (TPSA) is 28.5 Å². The molecular formula is C20H13F4N3. The Kier molecular flexibility index (Phi) is 4.14. The molecule has 2 aromatic rings. The Labute approximate surface area is 152 Å². The minimum Gasteiger partial charge on any atom is -0.329 e. The molecule has 0 unspecified atom stereocenters. The van der Waals surface area contributed by atoms with Crippen molar-refractivity contribution < 1.29 is 17.6 Å². The first kappa shape index (κ1) is 17.2. The van der Waals surface area contributed by atoms with E-state index in [1.165, 1.54) is 18.2 Å². The van der Waals surface area contributed by atoms with Gasteiger partial charge in [-0.3, -0.25) is 4.98 Å². The monoisotopic (exact) mass is 371 g/mol. The molecule has 7 heteroatoms. The zero-order chi connectivity index (χ0) is 19.0. The molecule has 1 aromatic carbocycles. The lowest BCUT2D eigenvalue weighted by Gasteiger charge is -2.25. The summed E-state index contributed by atoms with van der Waals surface area (Å²) in [6.07, 6.45) is 5.44. The first-order valence-electron chi connectivity index (χ1n) is 8.15. The predicted molar refractivity (Wildman–Crippen MR) is 95.0 cm³/mol. The van der Waals surface area contributed by atoms with Crippen LogP contribution >= 0.6 is 0 Å². The summed E-state index contributed by atoms with van der Waals surface area (Å²) in [5.41, 5.74) is 0.793. The number of aliphatic imine (C=N–C) groups is 1. The van der Waals surface area contributed by atoms with Gasteiger partial charge in [0.15, 0.2) is 0 Å². The van der Waals surface area contributed by atoms with Crippen molar-refractivity contribution in [3.63, 3.8) is 0 Å². The Bertz CT molecular complexity index is 1020. The Balaban J connectivity index is 1.83. The predicted octanol–water partition coefficient (Wildman–Crippen LogP) is 5.05. The Hall–Kier alpha value is -3.22. The number of benzene rings is 1. The summed E-state index contributed by atoms with van der Waals surface area (Å²) in [6, 6.07) is 6.13. The summed E-state index contributed by atoms with van der Waals surface area (Å²) < 4.78 is 53.0. The molecule has 0 spiro atoms. The van der Waals surface area contributed by atoms with Crippen LogP contribution in [0.25, 0.3) is 16.8 Å². The summed E-state index contributed by atoms with van der Waals surface area (Å²) in [5, 5.41) is 0. The number of halogens is 4. The fourth-order valence-corrected chi connectivity index (χ4v) is 2.97. The minimum atomic E-state index is -4.47. The summed E-state index contributed by atoms with van der Waals surface area (Å²) in [6.45, 7) is 0.668. The van der Waals surface area contributed by atoms with Crippen molar-refractivity contribution >= 4 is 11.4 Å². The third kappa shape index (κ3) is 3.40. The molecule has 0 bridgehead atoms. The molecule has 0 N–H and O–H groups in total. The van der Waals surface area contributed by atoms with Gasteiger partial charge in [0.25, 0.3) is 0 Å². The number of pyridine rings is 1. The average molecular weight is 371 g/mol. The molecule has 2 aliphatic heterocycles. The van der Waals surface area contributed by atoms with E-state index in [1.807, 2.05) is 11.0 Å². The Morgan fingerprint density at radius 3 is 2.78 bits per heavy atom. The fourth-order valence-electron chi connectivity index (χ4n) is 2.97. The molecule has 0 atom stereocenters. The van der Waals surface area contributed by atoms with Gasteiger partial charge in [0.1, 0.15) is 11.7 Å². The highest BCUT2D eigenvalue weighted by atomic mass is 19.4. The first-order valence-corrected chi connectivity index (χ1v) is 8.15. The number of aromatic nitrogens is 1. The second kappa shape index (κ2) is 6.50. The van der Waals surface area contributed by atoms with E-state index in [2.05, 4.69) is 9.98 Å². The molecule has 0 saturated carbocycles. The lowest BCUT2D eigenvalue weighted by Crippen LogP contribution is -2.28. The van der Waals surface area contributed by atoms with Crippen LogP contribution in [-0.4, -0.2) is 22.3 Å². The van der Waals surface area contributed by atoms with Crippen molar-refractivity contribution in [1.29, 1.82) is 0 Å². The van der Waals surface area contributed by atoms with E-state index in [-0.39, 0.29) is 11.3 Å². The Morgan fingerprint density at radius 2 is 1.96 bits per heavy atom. The summed E-state index contributed by atoms with van der Waals surface area (Å²) >= 11 is 0. The third-order valence-corrected chi connectivity index (χ3v) is 4.26. The van der Waals surface area contributed by atoms with Gasteiger partial charge in [0, 0.05) is 30.1 Å². The van der Waals surface area contributed by atoms with Crippen LogP contribution in [-0.2, 0) is 6.18 Å². The molecule has 1 aromatic heterocycles. The SMILES string of the molecule is Fc1cnc(-c2cccc(C(F)(F)F)c2)c(C2=CC3=NC=CCN3C=C2)c1. The standard InChI is InChI=1S/C20H13F4N3/c21-16-11-17(13-5-8-27-7-2-6-25-18(27)10-13)19(26-12-16)14-3-1-4-15(9-14)20(22,23)24/h1-6,8-12H,7H2. The smallest absolute Gasteiger partial charge is 0.329 e. The molecule has 3 heterocycles. The number of amidine groups is 1. The van der Waals surface area contributed by atoms with Crippen molar-refractivity contribution in [1.82, 2.24) is 9.88 Å². The maximum absolute atomic E-state index is 13.9. The van der Waals surface area contributed by atoms with Crippen LogP contribution < -0.4 is 0 Å². The van der Waals surface area contributed by atoms with Gasteiger partial charge < -0.3 is 4.90 Å². The first-order chi connectivity index (χ1) is 12.9. The second-order valence-corrected chi connectivity index (χ2v) is 6.07. The van der Waals surface area contributed by atoms with Crippen molar-refractivity contribution in [2.24, 2.45) is 4.99 Å². The maximum Gasteiger partial charge on any atom is 0.416 e. The van der Waals surface area contributed by atoms with E-state index in [9.17, 15) is 17.6 Å². The quantitative estimate of drug-likeness (QED) is 0.692. The number of rotatable bonds is 2.